The van der Waals surface area contributed by atoms with Gasteiger partial charge in [-0.15, -0.1) is 0 Å². The molecule has 0 spiro atoms. The van der Waals surface area contributed by atoms with Crippen LogP contribution in [0.5, 0.6) is 0 Å². The van der Waals surface area contributed by atoms with Crippen LogP contribution in [0, 0.1) is 11.6 Å². The van der Waals surface area contributed by atoms with Crippen molar-refractivity contribution in [3.05, 3.63) is 65.2 Å². The second-order valence-corrected chi connectivity index (χ2v) is 5.31. The van der Waals surface area contributed by atoms with E-state index in [0.29, 0.717) is 11.5 Å². The zero-order chi connectivity index (χ0) is 14.7. The van der Waals surface area contributed by atoms with Crippen LogP contribution in [0.1, 0.15) is 43.9 Å². The van der Waals surface area contributed by atoms with E-state index in [9.17, 15) is 8.78 Å². The molecule has 0 aromatic heterocycles. The fraction of sp³-hybridized carbons (Fsp3) is 0.294. The summed E-state index contributed by atoms with van der Waals surface area (Å²) in [5, 5.41) is 3.33. The molecule has 0 aliphatic rings. The Balaban J connectivity index is 2.25. The Morgan fingerprint density at radius 1 is 0.900 bits per heavy atom. The van der Waals surface area contributed by atoms with Crippen molar-refractivity contribution < 1.29 is 8.78 Å². The molecule has 106 valence electrons. The van der Waals surface area contributed by atoms with Gasteiger partial charge in [0.1, 0.15) is 11.6 Å². The molecule has 1 nitrogen and oxygen atoms in total. The number of benzene rings is 2. The molecule has 0 bridgehead atoms. The van der Waals surface area contributed by atoms with Crippen LogP contribution in [-0.2, 0) is 0 Å². The van der Waals surface area contributed by atoms with Crippen molar-refractivity contribution in [3.63, 3.8) is 0 Å². The predicted octanol–water partition coefficient (Wildman–Crippen LogP) is 5.26. The van der Waals surface area contributed by atoms with Crippen LogP contribution < -0.4 is 5.32 Å². The quantitative estimate of drug-likeness (QED) is 0.802. The molecule has 20 heavy (non-hydrogen) atoms. The van der Waals surface area contributed by atoms with Gasteiger partial charge in [-0.05, 0) is 42.2 Å². The van der Waals surface area contributed by atoms with E-state index in [1.807, 2.05) is 25.1 Å². The second-order valence-electron chi connectivity index (χ2n) is 5.31. The summed E-state index contributed by atoms with van der Waals surface area (Å²) >= 11 is 0. The molecule has 0 fully saturated rings. The summed E-state index contributed by atoms with van der Waals surface area (Å²) in [6.07, 6.45) is 0. The summed E-state index contributed by atoms with van der Waals surface area (Å²) < 4.78 is 26.5. The van der Waals surface area contributed by atoms with Crippen LogP contribution in [0.4, 0.5) is 14.5 Å². The van der Waals surface area contributed by atoms with Gasteiger partial charge in [-0.2, -0.15) is 0 Å². The SMILES string of the molecule is CC(C)c1ccccc1NC(C)c1cc(F)cc(F)c1. The molecule has 2 aromatic rings. The minimum Gasteiger partial charge on any atom is -0.378 e. The average molecular weight is 275 g/mol. The van der Waals surface area contributed by atoms with Gasteiger partial charge >= 0.3 is 0 Å². The summed E-state index contributed by atoms with van der Waals surface area (Å²) in [6, 6.07) is 11.4. The summed E-state index contributed by atoms with van der Waals surface area (Å²) in [5.74, 6) is -0.716. The van der Waals surface area contributed by atoms with E-state index in [0.717, 1.165) is 11.8 Å². The normalized spacial score (nSPS) is 12.5. The van der Waals surface area contributed by atoms with Crippen molar-refractivity contribution in [2.75, 3.05) is 5.32 Å². The molecule has 1 atom stereocenters. The highest BCUT2D eigenvalue weighted by Crippen LogP contribution is 2.27. The molecule has 0 saturated carbocycles. The number of nitrogens with one attached hydrogen (secondary N) is 1. The maximum atomic E-state index is 13.3. The van der Waals surface area contributed by atoms with Gasteiger partial charge < -0.3 is 5.32 Å². The molecule has 2 rings (SSSR count). The minimum absolute atomic E-state index is 0.167. The van der Waals surface area contributed by atoms with Gasteiger partial charge in [-0.1, -0.05) is 32.0 Å². The lowest BCUT2D eigenvalue weighted by Crippen LogP contribution is -2.09. The average Bonchev–Trinajstić information content (AvgIpc) is 2.37. The number of hydrogen-bond acceptors (Lipinski definition) is 1. The van der Waals surface area contributed by atoms with Crippen molar-refractivity contribution in [2.45, 2.75) is 32.7 Å². The van der Waals surface area contributed by atoms with Crippen LogP contribution in [0.15, 0.2) is 42.5 Å². The topological polar surface area (TPSA) is 12.0 Å². The van der Waals surface area contributed by atoms with Gasteiger partial charge in [-0.25, -0.2) is 8.78 Å². The molecule has 0 saturated heterocycles. The molecule has 2 aromatic carbocycles. The summed E-state index contributed by atoms with van der Waals surface area (Å²) in [5.41, 5.74) is 2.79. The van der Waals surface area contributed by atoms with E-state index >= 15 is 0 Å². The highest BCUT2D eigenvalue weighted by atomic mass is 19.1. The van der Waals surface area contributed by atoms with E-state index in [2.05, 4.69) is 25.2 Å². The maximum absolute atomic E-state index is 13.3. The van der Waals surface area contributed by atoms with E-state index in [1.54, 1.807) is 0 Å². The van der Waals surface area contributed by atoms with Gasteiger partial charge in [-0.3, -0.25) is 0 Å². The van der Waals surface area contributed by atoms with Crippen LogP contribution in [0.25, 0.3) is 0 Å². The van der Waals surface area contributed by atoms with Crippen molar-refractivity contribution in [1.82, 2.24) is 0 Å². The number of hydrogen-bond donors (Lipinski definition) is 1. The minimum atomic E-state index is -0.550. The van der Waals surface area contributed by atoms with E-state index < -0.39 is 11.6 Å². The standard InChI is InChI=1S/C17H19F2N/c1-11(2)16-6-4-5-7-17(16)20-12(3)13-8-14(18)10-15(19)9-13/h4-12,20H,1-3H3. The monoisotopic (exact) mass is 275 g/mol. The highest BCUT2D eigenvalue weighted by molar-refractivity contribution is 5.53. The number of halogens is 2. The number of para-hydroxylation sites is 1. The van der Waals surface area contributed by atoms with Crippen LogP contribution >= 0.6 is 0 Å². The fourth-order valence-corrected chi connectivity index (χ4v) is 2.27. The Morgan fingerprint density at radius 3 is 2.10 bits per heavy atom. The van der Waals surface area contributed by atoms with Gasteiger partial charge in [0.15, 0.2) is 0 Å². The smallest absolute Gasteiger partial charge is 0.126 e. The van der Waals surface area contributed by atoms with Crippen molar-refractivity contribution in [1.29, 1.82) is 0 Å². The van der Waals surface area contributed by atoms with Crippen LogP contribution in [-0.4, -0.2) is 0 Å². The van der Waals surface area contributed by atoms with E-state index in [1.165, 1.54) is 17.7 Å². The molecule has 1 N–H and O–H groups in total. The second kappa shape index (κ2) is 6.04. The third-order valence-electron chi connectivity index (χ3n) is 3.34. The zero-order valence-electron chi connectivity index (χ0n) is 12.0. The van der Waals surface area contributed by atoms with Gasteiger partial charge in [0.25, 0.3) is 0 Å². The molecule has 0 aliphatic heterocycles. The first-order valence-electron chi connectivity index (χ1n) is 6.79. The Kier molecular flexibility index (Phi) is 4.38. The highest BCUT2D eigenvalue weighted by Gasteiger charge is 2.12. The van der Waals surface area contributed by atoms with Gasteiger partial charge in [0.05, 0.1) is 0 Å². The van der Waals surface area contributed by atoms with E-state index in [4.69, 9.17) is 0 Å². The molecule has 3 heteroatoms. The molecule has 0 radical (unpaired) electrons. The molecule has 0 amide bonds. The molecular formula is C17H19F2N. The lowest BCUT2D eigenvalue weighted by molar-refractivity contribution is 0.577. The van der Waals surface area contributed by atoms with Crippen LogP contribution in [0.3, 0.4) is 0 Å². The molecular weight excluding hydrogens is 256 g/mol. The molecule has 0 heterocycles. The Bertz CT molecular complexity index is 573. The summed E-state index contributed by atoms with van der Waals surface area (Å²) in [4.78, 5) is 0. The van der Waals surface area contributed by atoms with E-state index in [-0.39, 0.29) is 6.04 Å². The molecule has 1 unspecified atom stereocenters. The summed E-state index contributed by atoms with van der Waals surface area (Å²) in [6.45, 7) is 6.13. The van der Waals surface area contributed by atoms with Crippen molar-refractivity contribution >= 4 is 5.69 Å². The Labute approximate surface area is 118 Å². The predicted molar refractivity (Wildman–Crippen MR) is 78.9 cm³/mol. The maximum Gasteiger partial charge on any atom is 0.126 e. The zero-order valence-corrected chi connectivity index (χ0v) is 12.0. The van der Waals surface area contributed by atoms with Gasteiger partial charge in [0.2, 0.25) is 0 Å². The third kappa shape index (κ3) is 3.35. The largest absolute Gasteiger partial charge is 0.378 e. The Hall–Kier alpha value is -1.90. The third-order valence-corrected chi connectivity index (χ3v) is 3.34. The fourth-order valence-electron chi connectivity index (χ4n) is 2.27. The van der Waals surface area contributed by atoms with Gasteiger partial charge in [0, 0.05) is 17.8 Å². The molecule has 0 aliphatic carbocycles. The first-order valence-corrected chi connectivity index (χ1v) is 6.79. The first kappa shape index (κ1) is 14.5. The van der Waals surface area contributed by atoms with Crippen LogP contribution in [0.2, 0.25) is 0 Å². The lowest BCUT2D eigenvalue weighted by Gasteiger charge is -2.20. The van der Waals surface area contributed by atoms with Crippen molar-refractivity contribution in [2.24, 2.45) is 0 Å². The number of rotatable bonds is 4. The summed E-state index contributed by atoms with van der Waals surface area (Å²) in [7, 11) is 0. The lowest BCUT2D eigenvalue weighted by atomic mass is 10.00. The van der Waals surface area contributed by atoms with Crippen molar-refractivity contribution in [3.8, 4) is 0 Å². The Morgan fingerprint density at radius 2 is 1.50 bits per heavy atom. The first-order chi connectivity index (χ1) is 9.47. The number of anilines is 1.